The summed E-state index contributed by atoms with van der Waals surface area (Å²) in [6.45, 7) is 0. The lowest BCUT2D eigenvalue weighted by molar-refractivity contribution is -0.119. The number of nitrogens with two attached hydrogens (primary N) is 3. The highest BCUT2D eigenvalue weighted by Crippen LogP contribution is 2.27. The maximum atomic E-state index is 10.8. The maximum absolute atomic E-state index is 10.8. The van der Waals surface area contributed by atoms with Crippen molar-refractivity contribution < 1.29 is 19.5 Å². The molecule has 0 aliphatic carbocycles. The average molecular weight is 315 g/mol. The molecule has 7 N–H and O–H groups in total. The first-order valence-corrected chi connectivity index (χ1v) is 7.82. The van der Waals surface area contributed by atoms with Crippen molar-refractivity contribution in [1.29, 1.82) is 0 Å². The van der Waals surface area contributed by atoms with Crippen LogP contribution in [-0.2, 0) is 14.4 Å². The van der Waals surface area contributed by atoms with Gasteiger partial charge in [-0.3, -0.25) is 14.4 Å². The van der Waals surface area contributed by atoms with E-state index < -0.39 is 5.60 Å². The van der Waals surface area contributed by atoms with E-state index in [1.165, 1.54) is 0 Å². The molecule has 22 heavy (non-hydrogen) atoms. The maximum Gasteiger partial charge on any atom is 0.217 e. The molecule has 3 amide bonds. The highest BCUT2D eigenvalue weighted by Gasteiger charge is 2.25. The van der Waals surface area contributed by atoms with E-state index in [0.717, 1.165) is 0 Å². The van der Waals surface area contributed by atoms with E-state index in [2.05, 4.69) is 0 Å². The van der Waals surface area contributed by atoms with Crippen LogP contribution < -0.4 is 17.2 Å². The van der Waals surface area contributed by atoms with Crippen molar-refractivity contribution in [3.05, 3.63) is 0 Å². The standard InChI is InChI=1S/C15H29N3O4/c16-12(19)6-1-3-9-15(22,11-5-8-14(18)21)10-4-2-7-13(17)20/h22H,1-11H2,(H2,16,19)(H2,17,20)(H2,18,21). The van der Waals surface area contributed by atoms with Gasteiger partial charge in [0.15, 0.2) is 0 Å². The van der Waals surface area contributed by atoms with Crippen LogP contribution in [0.4, 0.5) is 0 Å². The van der Waals surface area contributed by atoms with Gasteiger partial charge in [-0.05, 0) is 38.5 Å². The van der Waals surface area contributed by atoms with Crippen LogP contribution in [0.2, 0.25) is 0 Å². The number of hydrogen-bond acceptors (Lipinski definition) is 4. The number of amides is 3. The summed E-state index contributed by atoms with van der Waals surface area (Å²) in [5, 5.41) is 10.7. The molecule has 0 fully saturated rings. The van der Waals surface area contributed by atoms with Gasteiger partial charge >= 0.3 is 0 Å². The molecule has 0 aromatic carbocycles. The Labute approximate surface area is 131 Å². The van der Waals surface area contributed by atoms with Crippen molar-refractivity contribution in [1.82, 2.24) is 0 Å². The van der Waals surface area contributed by atoms with Gasteiger partial charge in [-0.2, -0.15) is 0 Å². The molecular formula is C15H29N3O4. The zero-order valence-corrected chi connectivity index (χ0v) is 13.2. The van der Waals surface area contributed by atoms with E-state index in [9.17, 15) is 19.5 Å². The van der Waals surface area contributed by atoms with E-state index in [-0.39, 0.29) is 24.1 Å². The Hall–Kier alpha value is -1.63. The molecule has 0 atom stereocenters. The summed E-state index contributed by atoms with van der Waals surface area (Å²) in [6.07, 6.45) is 5.57. The summed E-state index contributed by atoms with van der Waals surface area (Å²) in [6, 6.07) is 0. The number of carbonyl (C=O) groups is 3. The van der Waals surface area contributed by atoms with Gasteiger partial charge in [-0.15, -0.1) is 0 Å². The first-order valence-electron chi connectivity index (χ1n) is 7.82. The first-order chi connectivity index (χ1) is 10.2. The lowest BCUT2D eigenvalue weighted by Crippen LogP contribution is -2.29. The Morgan fingerprint density at radius 3 is 1.32 bits per heavy atom. The number of primary amides is 3. The van der Waals surface area contributed by atoms with Gasteiger partial charge in [0.05, 0.1) is 5.60 Å². The van der Waals surface area contributed by atoms with Crippen LogP contribution in [0.1, 0.15) is 70.6 Å². The highest BCUT2D eigenvalue weighted by atomic mass is 16.3. The monoisotopic (exact) mass is 315 g/mol. The molecule has 7 nitrogen and oxygen atoms in total. The minimum Gasteiger partial charge on any atom is -0.390 e. The molecule has 0 rings (SSSR count). The molecule has 7 heteroatoms. The third-order valence-corrected chi connectivity index (χ3v) is 3.70. The molecule has 0 radical (unpaired) electrons. The predicted molar refractivity (Wildman–Crippen MR) is 83.3 cm³/mol. The number of carbonyl (C=O) groups excluding carboxylic acids is 3. The number of hydrogen-bond donors (Lipinski definition) is 4. The van der Waals surface area contributed by atoms with Crippen molar-refractivity contribution in [3.8, 4) is 0 Å². The van der Waals surface area contributed by atoms with Gasteiger partial charge in [0.2, 0.25) is 17.7 Å². The second kappa shape index (κ2) is 11.0. The minimum atomic E-state index is -0.898. The Morgan fingerprint density at radius 1 is 0.636 bits per heavy atom. The first kappa shape index (κ1) is 20.4. The highest BCUT2D eigenvalue weighted by molar-refractivity contribution is 5.74. The Balaban J connectivity index is 4.23. The van der Waals surface area contributed by atoms with Crippen molar-refractivity contribution in [3.63, 3.8) is 0 Å². The van der Waals surface area contributed by atoms with Crippen LogP contribution in [0.25, 0.3) is 0 Å². The quantitative estimate of drug-likeness (QED) is 0.344. The van der Waals surface area contributed by atoms with Gasteiger partial charge in [0.25, 0.3) is 0 Å². The molecule has 0 heterocycles. The molecule has 0 aliphatic rings. The van der Waals surface area contributed by atoms with Crippen molar-refractivity contribution >= 4 is 17.7 Å². The SMILES string of the molecule is NC(=O)CCCCC(O)(CCCCC(N)=O)CCCC(N)=O. The van der Waals surface area contributed by atoms with Crippen LogP contribution in [0.5, 0.6) is 0 Å². The molecule has 0 unspecified atom stereocenters. The average Bonchev–Trinajstić information content (AvgIpc) is 2.39. The van der Waals surface area contributed by atoms with E-state index in [4.69, 9.17) is 17.2 Å². The number of aliphatic hydroxyl groups is 1. The van der Waals surface area contributed by atoms with Crippen LogP contribution in [0, 0.1) is 0 Å². The van der Waals surface area contributed by atoms with Crippen molar-refractivity contribution in [2.45, 2.75) is 76.2 Å². The van der Waals surface area contributed by atoms with Crippen LogP contribution in [0.3, 0.4) is 0 Å². The smallest absolute Gasteiger partial charge is 0.217 e. The minimum absolute atomic E-state index is 0.241. The zero-order valence-electron chi connectivity index (χ0n) is 13.2. The Morgan fingerprint density at radius 2 is 0.955 bits per heavy atom. The van der Waals surface area contributed by atoms with Crippen LogP contribution >= 0.6 is 0 Å². The van der Waals surface area contributed by atoms with Gasteiger partial charge in [0, 0.05) is 19.3 Å². The van der Waals surface area contributed by atoms with Gasteiger partial charge in [0.1, 0.15) is 0 Å². The van der Waals surface area contributed by atoms with E-state index >= 15 is 0 Å². The fourth-order valence-corrected chi connectivity index (χ4v) is 2.47. The summed E-state index contributed by atoms with van der Waals surface area (Å²) < 4.78 is 0. The Bertz CT molecular complexity index is 350. The van der Waals surface area contributed by atoms with Gasteiger partial charge in [-0.1, -0.05) is 12.8 Å². The van der Waals surface area contributed by atoms with Gasteiger partial charge < -0.3 is 22.3 Å². The summed E-state index contributed by atoms with van der Waals surface area (Å²) in [7, 11) is 0. The summed E-state index contributed by atoms with van der Waals surface area (Å²) in [4.78, 5) is 32.2. The molecule has 0 aromatic heterocycles. The van der Waals surface area contributed by atoms with Crippen molar-refractivity contribution in [2.24, 2.45) is 17.2 Å². The topological polar surface area (TPSA) is 150 Å². The molecule has 0 aromatic rings. The molecule has 0 aliphatic heterocycles. The number of unbranched alkanes of at least 4 members (excludes halogenated alkanes) is 2. The molecular weight excluding hydrogens is 286 g/mol. The largest absolute Gasteiger partial charge is 0.390 e. The van der Waals surface area contributed by atoms with Crippen LogP contribution in [0.15, 0.2) is 0 Å². The zero-order chi connectivity index (χ0) is 17.0. The lowest BCUT2D eigenvalue weighted by Gasteiger charge is -2.28. The fourth-order valence-electron chi connectivity index (χ4n) is 2.47. The molecule has 128 valence electrons. The predicted octanol–water partition coefficient (Wildman–Crippen LogP) is 0.464. The lowest BCUT2D eigenvalue weighted by atomic mass is 9.85. The Kier molecular flexibility index (Phi) is 10.2. The summed E-state index contributed by atoms with van der Waals surface area (Å²) in [5.41, 5.74) is 14.4. The second-order valence-corrected chi connectivity index (χ2v) is 5.89. The van der Waals surface area contributed by atoms with Gasteiger partial charge in [-0.25, -0.2) is 0 Å². The molecule has 0 bridgehead atoms. The van der Waals surface area contributed by atoms with E-state index in [1.807, 2.05) is 0 Å². The van der Waals surface area contributed by atoms with E-state index in [0.29, 0.717) is 64.2 Å². The molecule has 0 spiro atoms. The normalized spacial score (nSPS) is 11.3. The fraction of sp³-hybridized carbons (Fsp3) is 0.800. The number of rotatable bonds is 14. The second-order valence-electron chi connectivity index (χ2n) is 5.89. The summed E-state index contributed by atoms with van der Waals surface area (Å²) in [5.74, 6) is -1.08. The van der Waals surface area contributed by atoms with Crippen LogP contribution in [-0.4, -0.2) is 28.4 Å². The summed E-state index contributed by atoms with van der Waals surface area (Å²) >= 11 is 0. The third kappa shape index (κ3) is 12.1. The molecule has 0 saturated carbocycles. The van der Waals surface area contributed by atoms with Crippen molar-refractivity contribution in [2.75, 3.05) is 0 Å². The van der Waals surface area contributed by atoms with E-state index in [1.54, 1.807) is 0 Å². The third-order valence-electron chi connectivity index (χ3n) is 3.70. The molecule has 0 saturated heterocycles.